The number of carbonyl (C=O) groups excluding carboxylic acids is 2. The smallest absolute Gasteiger partial charge is 0.261 e. The van der Waals surface area contributed by atoms with E-state index in [-0.39, 0.29) is 42.3 Å². The number of carbonyl (C=O) groups is 2. The molecule has 1 unspecified atom stereocenters. The van der Waals surface area contributed by atoms with E-state index in [1.165, 1.54) is 12.1 Å². The lowest BCUT2D eigenvalue weighted by Crippen LogP contribution is -2.50. The Kier molecular flexibility index (Phi) is 7.65. The van der Waals surface area contributed by atoms with Crippen molar-refractivity contribution in [1.29, 1.82) is 0 Å². The van der Waals surface area contributed by atoms with Crippen molar-refractivity contribution in [2.45, 2.75) is 56.5 Å². The van der Waals surface area contributed by atoms with E-state index in [0.717, 1.165) is 19.8 Å². The molecular formula is C24H26BrFN2O6S. The van der Waals surface area contributed by atoms with E-state index in [2.05, 4.69) is 15.9 Å². The molecule has 0 aliphatic carbocycles. The van der Waals surface area contributed by atoms with Crippen molar-refractivity contribution in [2.24, 2.45) is 0 Å². The number of halogens is 2. The summed E-state index contributed by atoms with van der Waals surface area (Å²) in [6.45, 7) is 0.891. The van der Waals surface area contributed by atoms with Crippen LogP contribution in [0.5, 0.6) is 11.5 Å². The second-order valence-corrected chi connectivity index (χ2v) is 11.4. The first-order chi connectivity index (χ1) is 16.6. The topological polar surface area (TPSA) is 102 Å². The van der Waals surface area contributed by atoms with Gasteiger partial charge >= 0.3 is 0 Å². The zero-order valence-corrected chi connectivity index (χ0v) is 21.5. The Balaban J connectivity index is 1.38. The Bertz CT molecular complexity index is 1190. The fraction of sp³-hybridized carbons (Fsp3) is 0.417. The van der Waals surface area contributed by atoms with E-state index in [1.807, 2.05) is 9.62 Å². The Morgan fingerprint density at radius 1 is 1.11 bits per heavy atom. The monoisotopic (exact) mass is 568 g/mol. The molecule has 4 rings (SSSR count). The summed E-state index contributed by atoms with van der Waals surface area (Å²) in [5.41, 5.74) is 0.329. The highest BCUT2D eigenvalue weighted by atomic mass is 79.9. The average Bonchev–Trinajstić information content (AvgIpc) is 3.04. The summed E-state index contributed by atoms with van der Waals surface area (Å²) in [5.74, 6) is -0.767. The summed E-state index contributed by atoms with van der Waals surface area (Å²) < 4.78 is 52.0. The molecule has 0 saturated carbocycles. The van der Waals surface area contributed by atoms with Crippen molar-refractivity contribution in [3.63, 3.8) is 0 Å². The van der Waals surface area contributed by atoms with Crippen molar-refractivity contribution in [1.82, 2.24) is 9.62 Å². The van der Waals surface area contributed by atoms with Crippen LogP contribution in [0.2, 0.25) is 0 Å². The van der Waals surface area contributed by atoms with Crippen LogP contribution in [-0.2, 0) is 25.4 Å². The van der Waals surface area contributed by atoms with Gasteiger partial charge in [-0.2, -0.15) is 0 Å². The van der Waals surface area contributed by atoms with E-state index in [9.17, 15) is 22.4 Å². The largest absolute Gasteiger partial charge is 0.490 e. The van der Waals surface area contributed by atoms with Crippen LogP contribution in [0, 0.1) is 5.82 Å². The maximum absolute atomic E-state index is 13.2. The zero-order valence-electron chi connectivity index (χ0n) is 19.1. The second-order valence-electron chi connectivity index (χ2n) is 8.81. The van der Waals surface area contributed by atoms with E-state index >= 15 is 0 Å². The minimum Gasteiger partial charge on any atom is -0.490 e. The summed E-state index contributed by atoms with van der Waals surface area (Å²) in [6, 6.07) is 10.8. The van der Waals surface area contributed by atoms with Crippen LogP contribution in [-0.4, -0.2) is 49.9 Å². The molecule has 35 heavy (non-hydrogen) atoms. The number of ether oxygens (including phenoxy) is 2. The number of benzene rings is 2. The van der Waals surface area contributed by atoms with Gasteiger partial charge in [-0.05, 0) is 55.3 Å². The third-order valence-corrected chi connectivity index (χ3v) is 7.90. The number of hydrogen-bond donors (Lipinski definition) is 1. The van der Waals surface area contributed by atoms with Gasteiger partial charge in [-0.3, -0.25) is 14.3 Å². The Hall–Kier alpha value is -2.66. The fourth-order valence-corrected chi connectivity index (χ4v) is 6.37. The molecule has 2 aliphatic heterocycles. The van der Waals surface area contributed by atoms with Crippen LogP contribution < -0.4 is 14.2 Å². The second kappa shape index (κ2) is 10.5. The predicted octanol–water partition coefficient (Wildman–Crippen LogP) is 3.53. The third-order valence-electron chi connectivity index (χ3n) is 6.11. The molecule has 2 aliphatic rings. The lowest BCUT2D eigenvalue weighted by Gasteiger charge is -2.38. The van der Waals surface area contributed by atoms with Gasteiger partial charge in [0.1, 0.15) is 23.4 Å². The van der Waals surface area contributed by atoms with Crippen LogP contribution in [0.3, 0.4) is 0 Å². The molecule has 2 heterocycles. The first-order valence-corrected chi connectivity index (χ1v) is 13.7. The van der Waals surface area contributed by atoms with Crippen LogP contribution in [0.1, 0.15) is 38.2 Å². The fourth-order valence-electron chi connectivity index (χ4n) is 4.81. The summed E-state index contributed by atoms with van der Waals surface area (Å²) in [4.78, 5) is 26.1. The molecule has 0 radical (unpaired) electrons. The number of amides is 2. The first-order valence-electron chi connectivity index (χ1n) is 11.3. The quantitative estimate of drug-likeness (QED) is 0.522. The Morgan fingerprint density at radius 2 is 1.77 bits per heavy atom. The third kappa shape index (κ3) is 6.52. The van der Waals surface area contributed by atoms with E-state index in [4.69, 9.17) is 9.47 Å². The van der Waals surface area contributed by atoms with Gasteiger partial charge in [0, 0.05) is 41.9 Å². The van der Waals surface area contributed by atoms with Crippen LogP contribution >= 0.6 is 15.9 Å². The summed E-state index contributed by atoms with van der Waals surface area (Å²) >= 11 is 3.31. The lowest BCUT2D eigenvalue weighted by atomic mass is 9.99. The van der Waals surface area contributed by atoms with Gasteiger partial charge in [-0.25, -0.2) is 12.8 Å². The van der Waals surface area contributed by atoms with Gasteiger partial charge in [0.25, 0.3) is 5.91 Å². The number of piperidine rings is 1. The first kappa shape index (κ1) is 25.4. The van der Waals surface area contributed by atoms with Crippen LogP contribution in [0.4, 0.5) is 4.39 Å². The summed E-state index contributed by atoms with van der Waals surface area (Å²) in [5, 5.41) is 0. The van der Waals surface area contributed by atoms with Gasteiger partial charge < -0.3 is 14.4 Å². The van der Waals surface area contributed by atoms with Crippen molar-refractivity contribution in [3.8, 4) is 11.5 Å². The SMILES string of the molecule is CC(=O)NS(=O)(=O)Cc1cc(Br)ccc1OCC(=O)N1[C@@H]2CC[C@H]1CC(Oc1ccc(F)cc1)C2. The molecular weight excluding hydrogens is 543 g/mol. The number of hydrogen-bond acceptors (Lipinski definition) is 6. The van der Waals surface area contributed by atoms with Gasteiger partial charge in [-0.1, -0.05) is 15.9 Å². The molecule has 2 saturated heterocycles. The van der Waals surface area contributed by atoms with Crippen LogP contribution in [0.25, 0.3) is 0 Å². The average molecular weight is 569 g/mol. The minimum atomic E-state index is -3.90. The summed E-state index contributed by atoms with van der Waals surface area (Å²) in [6.07, 6.45) is 3.05. The number of sulfonamides is 1. The molecule has 3 atom stereocenters. The Labute approximate surface area is 212 Å². The van der Waals surface area contributed by atoms with E-state index < -0.39 is 21.7 Å². The van der Waals surface area contributed by atoms with E-state index in [1.54, 1.807) is 30.3 Å². The van der Waals surface area contributed by atoms with Crippen molar-refractivity contribution in [2.75, 3.05) is 6.61 Å². The number of fused-ring (bicyclic) bond motifs is 2. The molecule has 188 valence electrons. The maximum Gasteiger partial charge on any atom is 0.261 e. The number of nitrogens with zero attached hydrogens (tertiary/aromatic N) is 1. The van der Waals surface area contributed by atoms with E-state index in [0.29, 0.717) is 28.6 Å². The highest BCUT2D eigenvalue weighted by Crippen LogP contribution is 2.37. The summed E-state index contributed by atoms with van der Waals surface area (Å²) in [7, 11) is -3.90. The molecule has 11 heteroatoms. The standard InChI is InChI=1S/C24H26BrFN2O6S/c1-15(29)27-35(31,32)14-16-10-17(25)2-9-23(16)33-13-24(30)28-19-5-6-20(28)12-22(11-19)34-21-7-3-18(26)4-8-21/h2-4,7-10,19-20,22H,5-6,11-14H2,1H3,(H,27,29)/t19-,20+,22?. The molecule has 8 nitrogen and oxygen atoms in total. The minimum absolute atomic E-state index is 0.0276. The van der Waals surface area contributed by atoms with Gasteiger partial charge in [0.15, 0.2) is 6.61 Å². The molecule has 2 aromatic carbocycles. The molecule has 2 amide bonds. The van der Waals surface area contributed by atoms with Crippen molar-refractivity contribution >= 4 is 37.8 Å². The number of nitrogens with one attached hydrogen (secondary N) is 1. The zero-order chi connectivity index (χ0) is 25.2. The molecule has 2 bridgehead atoms. The molecule has 0 spiro atoms. The predicted molar refractivity (Wildman–Crippen MR) is 130 cm³/mol. The van der Waals surface area contributed by atoms with Gasteiger partial charge in [0.2, 0.25) is 15.9 Å². The lowest BCUT2D eigenvalue weighted by molar-refractivity contribution is -0.139. The normalized spacial score (nSPS) is 21.5. The molecule has 2 aromatic rings. The van der Waals surface area contributed by atoms with Gasteiger partial charge in [-0.15, -0.1) is 0 Å². The molecule has 2 fully saturated rings. The van der Waals surface area contributed by atoms with Crippen molar-refractivity contribution < 1.29 is 31.9 Å². The highest BCUT2D eigenvalue weighted by Gasteiger charge is 2.44. The van der Waals surface area contributed by atoms with Crippen LogP contribution in [0.15, 0.2) is 46.9 Å². The molecule has 1 N–H and O–H groups in total. The maximum atomic E-state index is 13.2. The molecule has 0 aromatic heterocycles. The van der Waals surface area contributed by atoms with Gasteiger partial charge in [0.05, 0.1) is 5.75 Å². The highest BCUT2D eigenvalue weighted by molar-refractivity contribution is 9.10. The number of rotatable bonds is 8. The Morgan fingerprint density at radius 3 is 2.40 bits per heavy atom. The van der Waals surface area contributed by atoms with Crippen molar-refractivity contribution in [3.05, 3.63) is 58.3 Å².